The molecule has 96 valence electrons. The fourth-order valence-corrected chi connectivity index (χ4v) is 2.89. The van der Waals surface area contributed by atoms with Gasteiger partial charge in [-0.05, 0) is 31.0 Å². The molecule has 0 amide bonds. The molecule has 0 unspecified atom stereocenters. The Morgan fingerprint density at radius 3 is 3.22 bits per heavy atom. The van der Waals surface area contributed by atoms with Crippen molar-refractivity contribution in [2.24, 2.45) is 0 Å². The first kappa shape index (κ1) is 11.7. The molecule has 3 heterocycles. The van der Waals surface area contributed by atoms with Crippen molar-refractivity contribution >= 4 is 11.0 Å². The van der Waals surface area contributed by atoms with Gasteiger partial charge in [-0.2, -0.15) is 0 Å². The van der Waals surface area contributed by atoms with Crippen LogP contribution in [0.2, 0.25) is 0 Å². The number of pyridine rings is 1. The van der Waals surface area contributed by atoms with Gasteiger partial charge in [0.05, 0.1) is 0 Å². The van der Waals surface area contributed by atoms with E-state index in [1.807, 2.05) is 12.3 Å². The zero-order chi connectivity index (χ0) is 12.5. The summed E-state index contributed by atoms with van der Waals surface area (Å²) >= 11 is 0. The van der Waals surface area contributed by atoms with Gasteiger partial charge in [-0.1, -0.05) is 0 Å². The molecule has 1 aliphatic heterocycles. The van der Waals surface area contributed by atoms with Gasteiger partial charge in [-0.3, -0.25) is 4.90 Å². The van der Waals surface area contributed by atoms with Crippen LogP contribution in [-0.2, 0) is 0 Å². The van der Waals surface area contributed by atoms with Crippen LogP contribution in [0.1, 0.15) is 18.0 Å². The average Bonchev–Trinajstić information content (AvgIpc) is 2.96. The van der Waals surface area contributed by atoms with Crippen LogP contribution in [0.4, 0.5) is 4.39 Å². The first-order valence-corrected chi connectivity index (χ1v) is 6.50. The Kier molecular flexibility index (Phi) is 3.04. The van der Waals surface area contributed by atoms with Crippen molar-refractivity contribution in [1.29, 1.82) is 0 Å². The highest BCUT2D eigenvalue weighted by Gasteiger charge is 2.25. The minimum absolute atomic E-state index is 0.254. The summed E-state index contributed by atoms with van der Waals surface area (Å²) in [5.41, 5.74) is 2.32. The quantitative estimate of drug-likeness (QED) is 0.831. The molecular formula is C14H18FN3. The zero-order valence-electron chi connectivity index (χ0n) is 10.6. The lowest BCUT2D eigenvalue weighted by Gasteiger charge is -2.15. The van der Waals surface area contributed by atoms with Crippen molar-refractivity contribution in [2.75, 3.05) is 26.3 Å². The minimum atomic E-state index is -0.254. The molecule has 0 aromatic carbocycles. The molecule has 0 saturated carbocycles. The molecule has 0 N–H and O–H groups in total. The normalized spacial score (nSPS) is 20.9. The predicted molar refractivity (Wildman–Crippen MR) is 70.5 cm³/mol. The van der Waals surface area contributed by atoms with Crippen LogP contribution in [0.5, 0.6) is 0 Å². The molecule has 3 nitrogen and oxygen atoms in total. The van der Waals surface area contributed by atoms with Crippen LogP contribution in [0.15, 0.2) is 24.5 Å². The second-order valence-electron chi connectivity index (χ2n) is 5.03. The number of nitrogens with zero attached hydrogens (tertiary/aromatic N) is 3. The zero-order valence-corrected chi connectivity index (χ0v) is 10.6. The van der Waals surface area contributed by atoms with Crippen molar-refractivity contribution in [2.45, 2.75) is 19.4 Å². The van der Waals surface area contributed by atoms with E-state index in [0.717, 1.165) is 25.2 Å². The first-order valence-electron chi connectivity index (χ1n) is 6.50. The average molecular weight is 247 g/mol. The molecule has 2 aromatic heterocycles. The van der Waals surface area contributed by atoms with Crippen molar-refractivity contribution < 1.29 is 4.39 Å². The van der Waals surface area contributed by atoms with Crippen molar-refractivity contribution in [3.63, 3.8) is 0 Å². The highest BCUT2D eigenvalue weighted by Crippen LogP contribution is 2.27. The fourth-order valence-electron chi connectivity index (χ4n) is 2.89. The smallest absolute Gasteiger partial charge is 0.140 e. The first-order chi connectivity index (χ1) is 8.79. The minimum Gasteiger partial charge on any atom is -0.328 e. The van der Waals surface area contributed by atoms with Crippen molar-refractivity contribution in [1.82, 2.24) is 14.5 Å². The van der Waals surface area contributed by atoms with E-state index in [1.165, 1.54) is 10.9 Å². The maximum absolute atomic E-state index is 12.4. The fraction of sp³-hybridized carbons (Fsp3) is 0.500. The molecule has 1 saturated heterocycles. The molecule has 1 aliphatic rings. The lowest BCUT2D eigenvalue weighted by atomic mass is 10.2. The van der Waals surface area contributed by atoms with Crippen molar-refractivity contribution in [3.8, 4) is 0 Å². The number of hydrogen-bond acceptors (Lipinski definition) is 2. The summed E-state index contributed by atoms with van der Waals surface area (Å²) < 4.78 is 14.6. The van der Waals surface area contributed by atoms with E-state index in [9.17, 15) is 4.39 Å². The Morgan fingerprint density at radius 1 is 1.50 bits per heavy atom. The molecule has 1 fully saturated rings. The molecular weight excluding hydrogens is 229 g/mol. The lowest BCUT2D eigenvalue weighted by molar-refractivity contribution is 0.288. The maximum atomic E-state index is 12.4. The molecule has 4 heteroatoms. The Bertz CT molecular complexity index is 549. The summed E-state index contributed by atoms with van der Waals surface area (Å²) in [5, 5.41) is 1.22. The largest absolute Gasteiger partial charge is 0.328 e. The molecule has 1 atom stereocenters. The number of rotatable bonds is 3. The monoisotopic (exact) mass is 247 g/mol. The van der Waals surface area contributed by atoms with E-state index < -0.39 is 0 Å². The lowest BCUT2D eigenvalue weighted by Crippen LogP contribution is -2.23. The number of aromatic nitrogens is 2. The molecule has 18 heavy (non-hydrogen) atoms. The van der Waals surface area contributed by atoms with Gasteiger partial charge in [0.2, 0.25) is 0 Å². The topological polar surface area (TPSA) is 21.1 Å². The summed E-state index contributed by atoms with van der Waals surface area (Å²) in [5.74, 6) is 0. The van der Waals surface area contributed by atoms with E-state index in [4.69, 9.17) is 0 Å². The van der Waals surface area contributed by atoms with Crippen LogP contribution < -0.4 is 0 Å². The van der Waals surface area contributed by atoms with Crippen LogP contribution >= 0.6 is 0 Å². The molecule has 2 aromatic rings. The number of hydrogen-bond donors (Lipinski definition) is 0. The second-order valence-corrected chi connectivity index (χ2v) is 5.03. The van der Waals surface area contributed by atoms with Gasteiger partial charge in [-0.25, -0.2) is 9.37 Å². The summed E-state index contributed by atoms with van der Waals surface area (Å²) in [6.45, 7) is 4.34. The van der Waals surface area contributed by atoms with E-state index in [1.54, 1.807) is 0 Å². The second kappa shape index (κ2) is 4.69. The third-order valence-electron chi connectivity index (χ3n) is 3.83. The molecule has 0 radical (unpaired) electrons. The van der Waals surface area contributed by atoms with Gasteiger partial charge in [0.25, 0.3) is 0 Å². The molecule has 0 spiro atoms. The summed E-state index contributed by atoms with van der Waals surface area (Å²) in [6, 6.07) is 4.52. The third kappa shape index (κ3) is 1.90. The van der Waals surface area contributed by atoms with Crippen LogP contribution in [0.3, 0.4) is 0 Å². The number of fused-ring (bicyclic) bond motifs is 1. The van der Waals surface area contributed by atoms with E-state index in [2.05, 4.69) is 33.6 Å². The van der Waals surface area contributed by atoms with Crippen LogP contribution in [-0.4, -0.2) is 40.8 Å². The van der Waals surface area contributed by atoms with Gasteiger partial charge in [-0.15, -0.1) is 0 Å². The van der Waals surface area contributed by atoms with Gasteiger partial charge in [0.15, 0.2) is 0 Å². The summed E-state index contributed by atoms with van der Waals surface area (Å²) in [4.78, 5) is 6.68. The van der Waals surface area contributed by atoms with Gasteiger partial charge < -0.3 is 4.57 Å². The highest BCUT2D eigenvalue weighted by atomic mass is 19.1. The summed E-state index contributed by atoms with van der Waals surface area (Å²) in [6.07, 6.45) is 5.10. The predicted octanol–water partition coefficient (Wildman–Crippen LogP) is 2.56. The highest BCUT2D eigenvalue weighted by molar-refractivity contribution is 5.80. The number of aryl methyl sites for hydroxylation is 1. The Morgan fingerprint density at radius 2 is 2.39 bits per heavy atom. The SMILES string of the molecule is Cc1cn([C@H]2CCN(CCF)C2)c2ncccc12. The number of alkyl halides is 1. The summed E-state index contributed by atoms with van der Waals surface area (Å²) in [7, 11) is 0. The van der Waals surface area contributed by atoms with E-state index >= 15 is 0 Å². The number of halogens is 1. The number of likely N-dealkylation sites (tertiary alicyclic amines) is 1. The Balaban J connectivity index is 1.91. The third-order valence-corrected chi connectivity index (χ3v) is 3.83. The molecule has 0 aliphatic carbocycles. The molecule has 0 bridgehead atoms. The van der Waals surface area contributed by atoms with Gasteiger partial charge in [0, 0.05) is 43.5 Å². The van der Waals surface area contributed by atoms with Crippen LogP contribution in [0.25, 0.3) is 11.0 Å². The Labute approximate surface area is 106 Å². The standard InChI is InChI=1S/C14H18FN3/c1-11-9-18(14-13(11)3-2-6-16-14)12-4-7-17(10-12)8-5-15/h2-3,6,9,12H,4-5,7-8,10H2,1H3/t12-/m0/s1. The maximum Gasteiger partial charge on any atom is 0.140 e. The van der Waals surface area contributed by atoms with Crippen LogP contribution in [0, 0.1) is 6.92 Å². The molecule has 3 rings (SSSR count). The van der Waals surface area contributed by atoms with Crippen molar-refractivity contribution in [3.05, 3.63) is 30.1 Å². The van der Waals surface area contributed by atoms with E-state index in [0.29, 0.717) is 12.6 Å². The Hall–Kier alpha value is -1.42. The van der Waals surface area contributed by atoms with Gasteiger partial charge >= 0.3 is 0 Å². The van der Waals surface area contributed by atoms with Gasteiger partial charge in [0.1, 0.15) is 12.3 Å². The van der Waals surface area contributed by atoms with E-state index in [-0.39, 0.29) is 6.67 Å².